The van der Waals surface area contributed by atoms with Crippen molar-refractivity contribution in [1.82, 2.24) is 9.78 Å². The summed E-state index contributed by atoms with van der Waals surface area (Å²) < 4.78 is 2.72. The number of anilines is 1. The molecule has 0 atom stereocenters. The van der Waals surface area contributed by atoms with E-state index in [4.69, 9.17) is 0 Å². The Morgan fingerprint density at radius 1 is 1.19 bits per heavy atom. The predicted molar refractivity (Wildman–Crippen MR) is 108 cm³/mol. The van der Waals surface area contributed by atoms with Crippen LogP contribution in [0, 0.1) is 14.9 Å². The molecule has 26 heavy (non-hydrogen) atoms. The number of hydrogen-bond donors (Lipinski definition) is 1. The first-order chi connectivity index (χ1) is 12.4. The molecule has 4 rings (SSSR count). The van der Waals surface area contributed by atoms with Gasteiger partial charge in [-0.3, -0.25) is 9.48 Å². The summed E-state index contributed by atoms with van der Waals surface area (Å²) in [5, 5.41) is 17.2. The molecule has 1 amide bonds. The first-order valence-corrected chi connectivity index (χ1v) is 10.1. The highest BCUT2D eigenvalue weighted by Gasteiger charge is 2.34. The number of hydrogen-bond acceptors (Lipinski definition) is 3. The highest BCUT2D eigenvalue weighted by Crippen LogP contribution is 2.42. The maximum atomic E-state index is 13.2. The maximum absolute atomic E-state index is 13.2. The Balaban J connectivity index is 1.76. The van der Waals surface area contributed by atoms with Crippen molar-refractivity contribution in [3.63, 3.8) is 0 Å². The molecule has 1 aromatic carbocycles. The lowest BCUT2D eigenvalue weighted by molar-refractivity contribution is -0.123. The largest absolute Gasteiger partial charge is 0.323 e. The van der Waals surface area contributed by atoms with E-state index in [1.807, 2.05) is 20.0 Å². The third kappa shape index (κ3) is 2.64. The van der Waals surface area contributed by atoms with Gasteiger partial charge < -0.3 is 5.32 Å². The molecular formula is C20H21IN4O. The summed E-state index contributed by atoms with van der Waals surface area (Å²) in [6.45, 7) is 3.77. The van der Waals surface area contributed by atoms with E-state index in [1.165, 1.54) is 11.1 Å². The van der Waals surface area contributed by atoms with Crippen LogP contribution < -0.4 is 5.32 Å². The number of carbonyl (C=O) groups is 1. The van der Waals surface area contributed by atoms with Crippen LogP contribution in [0.3, 0.4) is 0 Å². The number of nitriles is 1. The van der Waals surface area contributed by atoms with E-state index in [1.54, 1.807) is 10.9 Å². The Morgan fingerprint density at radius 2 is 1.77 bits per heavy atom. The fourth-order valence-corrected chi connectivity index (χ4v) is 4.61. The second-order valence-electron chi connectivity index (χ2n) is 7.60. The molecule has 0 fully saturated rings. The first kappa shape index (κ1) is 17.5. The Labute approximate surface area is 166 Å². The highest BCUT2D eigenvalue weighted by molar-refractivity contribution is 14.1. The van der Waals surface area contributed by atoms with Gasteiger partial charge in [-0.1, -0.05) is 0 Å². The van der Waals surface area contributed by atoms with Gasteiger partial charge in [-0.05, 0) is 97.2 Å². The molecule has 0 spiro atoms. The standard InChI is InChI=1S/C20H21IN4O/c1-20(2,25-11-12(21)10-23-25)19(26)24-18-15-7-3-5-13(15)17(9-22)14-6-4-8-16(14)18/h10-11H,3-8H2,1-2H3,(H,24,26). The van der Waals surface area contributed by atoms with Crippen LogP contribution in [0.5, 0.6) is 0 Å². The number of nitrogens with one attached hydrogen (secondary N) is 1. The van der Waals surface area contributed by atoms with Gasteiger partial charge in [0.1, 0.15) is 5.54 Å². The molecule has 2 aliphatic carbocycles. The maximum Gasteiger partial charge on any atom is 0.251 e. The van der Waals surface area contributed by atoms with E-state index in [-0.39, 0.29) is 5.91 Å². The number of carbonyl (C=O) groups excluding carboxylic acids is 1. The van der Waals surface area contributed by atoms with Crippen LogP contribution in [-0.2, 0) is 36.0 Å². The van der Waals surface area contributed by atoms with Gasteiger partial charge in [-0.15, -0.1) is 0 Å². The lowest BCUT2D eigenvalue weighted by Gasteiger charge is -2.26. The number of rotatable bonds is 3. The molecule has 1 heterocycles. The van der Waals surface area contributed by atoms with E-state index in [0.717, 1.165) is 64.5 Å². The third-order valence-corrected chi connectivity index (χ3v) is 6.23. The zero-order valence-electron chi connectivity index (χ0n) is 15.0. The summed E-state index contributed by atoms with van der Waals surface area (Å²) >= 11 is 2.20. The van der Waals surface area contributed by atoms with Gasteiger partial charge in [0.25, 0.3) is 5.91 Å². The first-order valence-electron chi connectivity index (χ1n) is 9.05. The number of fused-ring (bicyclic) bond motifs is 2. The topological polar surface area (TPSA) is 70.7 Å². The van der Waals surface area contributed by atoms with Gasteiger partial charge in [0.05, 0.1) is 21.4 Å². The second kappa shape index (κ2) is 6.38. The average molecular weight is 460 g/mol. The molecule has 1 aromatic heterocycles. The molecule has 0 saturated carbocycles. The summed E-state index contributed by atoms with van der Waals surface area (Å²) in [7, 11) is 0. The molecule has 0 aliphatic heterocycles. The van der Waals surface area contributed by atoms with E-state index in [0.29, 0.717) is 0 Å². The number of halogens is 1. The van der Waals surface area contributed by atoms with Crippen LogP contribution in [0.25, 0.3) is 0 Å². The minimum Gasteiger partial charge on any atom is -0.323 e. The number of benzene rings is 1. The van der Waals surface area contributed by atoms with Gasteiger partial charge in [0, 0.05) is 11.9 Å². The monoisotopic (exact) mass is 460 g/mol. The molecule has 6 heteroatoms. The van der Waals surface area contributed by atoms with Crippen molar-refractivity contribution in [3.05, 3.63) is 43.8 Å². The second-order valence-corrected chi connectivity index (χ2v) is 8.85. The Hall–Kier alpha value is -1.88. The molecular weight excluding hydrogens is 439 g/mol. The predicted octanol–water partition coefficient (Wildman–Crippen LogP) is 3.71. The zero-order valence-corrected chi connectivity index (χ0v) is 17.2. The van der Waals surface area contributed by atoms with E-state index < -0.39 is 5.54 Å². The Bertz CT molecular complexity index is 916. The van der Waals surface area contributed by atoms with Crippen LogP contribution in [-0.4, -0.2) is 15.7 Å². The lowest BCUT2D eigenvalue weighted by Crippen LogP contribution is -2.41. The van der Waals surface area contributed by atoms with E-state index in [9.17, 15) is 10.1 Å². The molecule has 1 N–H and O–H groups in total. The van der Waals surface area contributed by atoms with Gasteiger partial charge in [-0.25, -0.2) is 0 Å². The molecule has 2 aliphatic rings. The van der Waals surface area contributed by atoms with Crippen LogP contribution in [0.15, 0.2) is 12.4 Å². The number of amides is 1. The molecule has 134 valence electrons. The van der Waals surface area contributed by atoms with E-state index in [2.05, 4.69) is 39.1 Å². The SMILES string of the molecule is CC(C)(C(=O)Nc1c2c(c(C#N)c3c1CCC3)CCC2)n1cc(I)cn1. The summed E-state index contributed by atoms with van der Waals surface area (Å²) in [5.41, 5.74) is 5.76. The smallest absolute Gasteiger partial charge is 0.251 e. The zero-order chi connectivity index (χ0) is 18.5. The lowest BCUT2D eigenvalue weighted by atomic mass is 9.92. The van der Waals surface area contributed by atoms with Crippen LogP contribution in [0.2, 0.25) is 0 Å². The van der Waals surface area contributed by atoms with Gasteiger partial charge in [0.15, 0.2) is 0 Å². The van der Waals surface area contributed by atoms with Crippen molar-refractivity contribution in [3.8, 4) is 6.07 Å². The Morgan fingerprint density at radius 3 is 2.27 bits per heavy atom. The normalized spacial score (nSPS) is 15.5. The van der Waals surface area contributed by atoms with Crippen molar-refractivity contribution >= 4 is 34.2 Å². The van der Waals surface area contributed by atoms with Crippen molar-refractivity contribution in [2.24, 2.45) is 0 Å². The van der Waals surface area contributed by atoms with Crippen molar-refractivity contribution in [1.29, 1.82) is 5.26 Å². The number of nitrogens with zero attached hydrogens (tertiary/aromatic N) is 3. The molecule has 0 radical (unpaired) electrons. The number of aromatic nitrogens is 2. The summed E-state index contributed by atoms with van der Waals surface area (Å²) in [4.78, 5) is 13.2. The summed E-state index contributed by atoms with van der Waals surface area (Å²) in [5.74, 6) is -0.0649. The van der Waals surface area contributed by atoms with Gasteiger partial charge >= 0.3 is 0 Å². The molecule has 0 bridgehead atoms. The Kier molecular flexibility index (Phi) is 4.30. The van der Waals surface area contributed by atoms with Crippen LogP contribution in [0.1, 0.15) is 54.5 Å². The minimum absolute atomic E-state index is 0.0649. The van der Waals surface area contributed by atoms with Gasteiger partial charge in [0.2, 0.25) is 0 Å². The van der Waals surface area contributed by atoms with Crippen molar-refractivity contribution < 1.29 is 4.79 Å². The fourth-order valence-electron chi connectivity index (χ4n) is 4.22. The summed E-state index contributed by atoms with van der Waals surface area (Å²) in [6.07, 6.45) is 9.50. The molecule has 5 nitrogen and oxygen atoms in total. The van der Waals surface area contributed by atoms with Crippen molar-refractivity contribution in [2.45, 2.75) is 57.9 Å². The molecule has 0 unspecified atom stereocenters. The minimum atomic E-state index is -0.783. The average Bonchev–Trinajstić information content (AvgIpc) is 3.34. The van der Waals surface area contributed by atoms with Crippen molar-refractivity contribution in [2.75, 3.05) is 5.32 Å². The fraction of sp³-hybridized carbons (Fsp3) is 0.450. The quantitative estimate of drug-likeness (QED) is 0.711. The molecule has 2 aromatic rings. The highest BCUT2D eigenvalue weighted by atomic mass is 127. The van der Waals surface area contributed by atoms with E-state index >= 15 is 0 Å². The van der Waals surface area contributed by atoms with Gasteiger partial charge in [-0.2, -0.15) is 10.4 Å². The van der Waals surface area contributed by atoms with Crippen LogP contribution in [0.4, 0.5) is 5.69 Å². The summed E-state index contributed by atoms with van der Waals surface area (Å²) in [6, 6.07) is 2.44. The molecule has 0 saturated heterocycles. The van der Waals surface area contributed by atoms with Crippen LogP contribution >= 0.6 is 22.6 Å². The third-order valence-electron chi connectivity index (χ3n) is 5.67.